The predicted octanol–water partition coefficient (Wildman–Crippen LogP) is 1.72. The van der Waals surface area contributed by atoms with Gasteiger partial charge in [-0.3, -0.25) is 0 Å². The summed E-state index contributed by atoms with van der Waals surface area (Å²) in [4.78, 5) is 16.7. The quantitative estimate of drug-likeness (QED) is 0.875. The summed E-state index contributed by atoms with van der Waals surface area (Å²) in [5.41, 5.74) is 7.02. The maximum absolute atomic E-state index is 12.6. The first-order valence-corrected chi connectivity index (χ1v) is 8.79. The smallest absolute Gasteiger partial charge is 0.324 e. The van der Waals surface area contributed by atoms with Gasteiger partial charge in [0.05, 0.1) is 0 Å². The van der Waals surface area contributed by atoms with Gasteiger partial charge in [0.25, 0.3) is 0 Å². The number of hydrogen-bond donors (Lipinski definition) is 1. The fourth-order valence-corrected chi connectivity index (χ4v) is 3.52. The topological polar surface area (TPSA) is 97.2 Å². The first-order valence-electron chi connectivity index (χ1n) is 8.79. The molecule has 0 spiro atoms. The molecule has 2 N–H and O–H groups in total. The highest BCUT2D eigenvalue weighted by molar-refractivity contribution is 5.33. The summed E-state index contributed by atoms with van der Waals surface area (Å²) in [6.07, 6.45) is 3.72. The second-order valence-electron chi connectivity index (χ2n) is 6.81. The first kappa shape index (κ1) is 17.1. The van der Waals surface area contributed by atoms with Crippen LogP contribution in [0.25, 0.3) is 0 Å². The fourth-order valence-electron chi connectivity index (χ4n) is 3.52. The Bertz CT molecular complexity index is 730. The molecule has 1 atom stereocenters. The maximum Gasteiger partial charge on any atom is 0.324 e. The van der Waals surface area contributed by atoms with E-state index in [1.807, 2.05) is 17.3 Å². The van der Waals surface area contributed by atoms with E-state index >= 15 is 0 Å². The van der Waals surface area contributed by atoms with E-state index in [1.165, 1.54) is 0 Å². The van der Waals surface area contributed by atoms with E-state index in [9.17, 15) is 8.78 Å². The normalized spacial score (nSPS) is 21.8. The highest BCUT2D eigenvalue weighted by Gasteiger charge is 2.27. The molecule has 0 bridgehead atoms. The lowest BCUT2D eigenvalue weighted by Gasteiger charge is -2.30. The van der Waals surface area contributed by atoms with Crippen LogP contribution in [0.5, 0.6) is 0 Å². The number of piperidine rings is 1. The van der Waals surface area contributed by atoms with E-state index < -0.39 is 12.2 Å². The third-order valence-corrected chi connectivity index (χ3v) is 5.03. The molecule has 4 heterocycles. The average molecular weight is 365 g/mol. The molecule has 2 aromatic heterocycles. The third-order valence-electron chi connectivity index (χ3n) is 5.03. The van der Waals surface area contributed by atoms with Crippen molar-refractivity contribution in [3.05, 3.63) is 23.8 Å². The minimum atomic E-state index is -2.72. The van der Waals surface area contributed by atoms with Crippen LogP contribution < -0.4 is 15.5 Å². The monoisotopic (exact) mass is 365 g/mol. The summed E-state index contributed by atoms with van der Waals surface area (Å²) in [6.45, 7) is 3.02. The van der Waals surface area contributed by atoms with Crippen LogP contribution in [0.2, 0.25) is 0 Å². The molecule has 0 aliphatic carbocycles. The molecule has 2 saturated heterocycles. The van der Waals surface area contributed by atoms with Gasteiger partial charge < -0.3 is 20.1 Å². The molecule has 0 aromatic carbocycles. The van der Waals surface area contributed by atoms with Crippen molar-refractivity contribution in [2.75, 3.05) is 36.0 Å². The highest BCUT2D eigenvalue weighted by Crippen LogP contribution is 2.30. The molecule has 2 aliphatic heterocycles. The zero-order chi connectivity index (χ0) is 18.1. The summed E-state index contributed by atoms with van der Waals surface area (Å²) in [5.74, 6) is 0.496. The lowest BCUT2D eigenvalue weighted by Crippen LogP contribution is -2.33. The number of nitrogens with zero attached hydrogens (tertiary/aromatic N) is 6. The van der Waals surface area contributed by atoms with Crippen LogP contribution in [-0.4, -0.2) is 52.3 Å². The van der Waals surface area contributed by atoms with Gasteiger partial charge >= 0.3 is 12.4 Å². The molecular formula is C16H21F2N7O. The third kappa shape index (κ3) is 3.46. The zero-order valence-corrected chi connectivity index (χ0v) is 14.3. The van der Waals surface area contributed by atoms with E-state index in [2.05, 4.69) is 25.0 Å². The van der Waals surface area contributed by atoms with E-state index in [-0.39, 0.29) is 12.1 Å². The number of aromatic nitrogens is 4. The second-order valence-corrected chi connectivity index (χ2v) is 6.81. The summed E-state index contributed by atoms with van der Waals surface area (Å²) in [7, 11) is 0. The highest BCUT2D eigenvalue weighted by atomic mass is 19.3. The summed E-state index contributed by atoms with van der Waals surface area (Å²) < 4.78 is 30.1. The molecule has 2 aliphatic rings. The van der Waals surface area contributed by atoms with Crippen molar-refractivity contribution in [1.82, 2.24) is 20.1 Å². The van der Waals surface area contributed by atoms with Crippen LogP contribution in [0.3, 0.4) is 0 Å². The molecule has 4 rings (SSSR count). The minimum Gasteiger partial charge on any atom is -0.339 e. The SMILES string of the molecule is NC1CCN(c2ncc(C3CCN(c4nc(C(F)F)no4)CC3)cn2)C1. The average Bonchev–Trinajstić information content (AvgIpc) is 3.31. The van der Waals surface area contributed by atoms with E-state index in [0.717, 1.165) is 43.9 Å². The Kier molecular flexibility index (Phi) is 4.66. The van der Waals surface area contributed by atoms with Crippen molar-refractivity contribution in [2.45, 2.75) is 37.6 Å². The van der Waals surface area contributed by atoms with Gasteiger partial charge in [-0.15, -0.1) is 0 Å². The van der Waals surface area contributed by atoms with E-state index in [1.54, 1.807) is 0 Å². The van der Waals surface area contributed by atoms with Crippen LogP contribution in [0, 0.1) is 0 Å². The Morgan fingerprint density at radius 2 is 1.77 bits per heavy atom. The second kappa shape index (κ2) is 7.10. The van der Waals surface area contributed by atoms with Crippen LogP contribution in [0.15, 0.2) is 16.9 Å². The predicted molar refractivity (Wildman–Crippen MR) is 90.3 cm³/mol. The Balaban J connectivity index is 1.35. The number of anilines is 2. The molecule has 0 amide bonds. The van der Waals surface area contributed by atoms with E-state index in [4.69, 9.17) is 10.3 Å². The maximum atomic E-state index is 12.6. The van der Waals surface area contributed by atoms with Gasteiger partial charge in [0.1, 0.15) is 0 Å². The number of halogens is 2. The minimum absolute atomic E-state index is 0.163. The van der Waals surface area contributed by atoms with Crippen molar-refractivity contribution in [2.24, 2.45) is 5.73 Å². The number of nitrogens with two attached hydrogens (primary N) is 1. The van der Waals surface area contributed by atoms with Crippen LogP contribution in [0.1, 0.15) is 43.0 Å². The Morgan fingerprint density at radius 3 is 2.35 bits per heavy atom. The van der Waals surface area contributed by atoms with Crippen LogP contribution >= 0.6 is 0 Å². The summed E-state index contributed by atoms with van der Waals surface area (Å²) in [5, 5.41) is 3.31. The van der Waals surface area contributed by atoms with Crippen molar-refractivity contribution in [3.63, 3.8) is 0 Å². The van der Waals surface area contributed by atoms with E-state index in [0.29, 0.717) is 19.0 Å². The first-order chi connectivity index (χ1) is 12.6. The number of rotatable bonds is 4. The molecule has 140 valence electrons. The molecule has 10 heteroatoms. The van der Waals surface area contributed by atoms with Gasteiger partial charge in [-0.1, -0.05) is 5.16 Å². The van der Waals surface area contributed by atoms with Crippen molar-refractivity contribution >= 4 is 12.0 Å². The molecule has 0 radical (unpaired) electrons. The Hall–Kier alpha value is -2.36. The summed E-state index contributed by atoms with van der Waals surface area (Å²) >= 11 is 0. The molecule has 0 saturated carbocycles. The van der Waals surface area contributed by atoms with Crippen molar-refractivity contribution in [3.8, 4) is 0 Å². The van der Waals surface area contributed by atoms with Gasteiger partial charge in [0.2, 0.25) is 11.8 Å². The molecular weight excluding hydrogens is 344 g/mol. The van der Waals surface area contributed by atoms with Gasteiger partial charge in [0, 0.05) is 44.6 Å². The molecule has 2 fully saturated rings. The Labute approximate surface area is 149 Å². The van der Waals surface area contributed by atoms with Gasteiger partial charge in [-0.05, 0) is 30.7 Å². The lowest BCUT2D eigenvalue weighted by molar-refractivity contribution is 0.136. The van der Waals surface area contributed by atoms with Crippen LogP contribution in [-0.2, 0) is 0 Å². The standard InChI is InChI=1S/C16H21F2N7O/c17-13(18)14-22-16(26-23-14)24-4-1-10(2-5-24)11-7-20-15(21-8-11)25-6-3-12(19)9-25/h7-8,10,12-13H,1-6,9,19H2. The molecule has 26 heavy (non-hydrogen) atoms. The van der Waals surface area contributed by atoms with Gasteiger partial charge in [-0.25, -0.2) is 18.7 Å². The molecule has 8 nitrogen and oxygen atoms in total. The van der Waals surface area contributed by atoms with Crippen molar-refractivity contribution < 1.29 is 13.3 Å². The fraction of sp³-hybridized carbons (Fsp3) is 0.625. The Morgan fingerprint density at radius 1 is 1.08 bits per heavy atom. The molecule has 2 aromatic rings. The largest absolute Gasteiger partial charge is 0.339 e. The van der Waals surface area contributed by atoms with Crippen molar-refractivity contribution in [1.29, 1.82) is 0 Å². The summed E-state index contributed by atoms with van der Waals surface area (Å²) in [6, 6.07) is 0.355. The molecule has 1 unspecified atom stereocenters. The van der Waals surface area contributed by atoms with Crippen LogP contribution in [0.4, 0.5) is 20.7 Å². The zero-order valence-electron chi connectivity index (χ0n) is 14.3. The number of alkyl halides is 2. The number of hydrogen-bond acceptors (Lipinski definition) is 8. The van der Waals surface area contributed by atoms with Gasteiger partial charge in [0.15, 0.2) is 0 Å². The lowest BCUT2D eigenvalue weighted by atomic mass is 9.91. The van der Waals surface area contributed by atoms with Gasteiger partial charge in [-0.2, -0.15) is 4.98 Å².